The number of carbonyl (C=O) groups is 1. The number of nitrogens with zero attached hydrogens (tertiary/aromatic N) is 2. The molecule has 0 fully saturated rings. The number of rotatable bonds is 6. The molecule has 4 nitrogen and oxygen atoms in total. The minimum atomic E-state index is -0.0263. The van der Waals surface area contributed by atoms with Crippen LogP contribution in [0.4, 0.5) is 0 Å². The van der Waals surface area contributed by atoms with E-state index in [0.29, 0.717) is 17.9 Å². The van der Waals surface area contributed by atoms with Gasteiger partial charge >= 0.3 is 0 Å². The van der Waals surface area contributed by atoms with Crippen molar-refractivity contribution in [1.82, 2.24) is 14.7 Å². The van der Waals surface area contributed by atoms with Crippen LogP contribution in [-0.4, -0.2) is 15.3 Å². The summed E-state index contributed by atoms with van der Waals surface area (Å²) in [5.41, 5.74) is 4.86. The normalized spacial score (nSPS) is 12.1. The van der Waals surface area contributed by atoms with E-state index in [9.17, 15) is 4.79 Å². The van der Waals surface area contributed by atoms with Crippen LogP contribution in [0.25, 0.3) is 16.9 Å². The van der Waals surface area contributed by atoms with Crippen molar-refractivity contribution in [3.8, 4) is 11.3 Å². The molecule has 4 aromatic rings. The summed E-state index contributed by atoms with van der Waals surface area (Å²) in [6.45, 7) is 2.00. The van der Waals surface area contributed by atoms with E-state index in [-0.39, 0.29) is 11.9 Å². The molecule has 2 aromatic carbocycles. The van der Waals surface area contributed by atoms with Crippen molar-refractivity contribution in [2.24, 2.45) is 0 Å². The van der Waals surface area contributed by atoms with Gasteiger partial charge in [-0.05, 0) is 43.2 Å². The summed E-state index contributed by atoms with van der Waals surface area (Å²) in [5, 5.41) is 3.78. The highest BCUT2D eigenvalue weighted by atomic mass is 35.5. The van der Waals surface area contributed by atoms with E-state index >= 15 is 0 Å². The molecule has 1 unspecified atom stereocenters. The van der Waals surface area contributed by atoms with Crippen molar-refractivity contribution < 1.29 is 4.79 Å². The third-order valence-electron chi connectivity index (χ3n) is 5.01. The van der Waals surface area contributed by atoms with Gasteiger partial charge in [-0.2, -0.15) is 0 Å². The van der Waals surface area contributed by atoms with Crippen LogP contribution in [0.3, 0.4) is 0 Å². The first-order valence-corrected chi connectivity index (χ1v) is 10.1. The summed E-state index contributed by atoms with van der Waals surface area (Å²) in [4.78, 5) is 17.4. The molecular formula is C24H22ClN3O. The average molecular weight is 404 g/mol. The zero-order valence-corrected chi connectivity index (χ0v) is 16.9. The van der Waals surface area contributed by atoms with E-state index in [2.05, 4.69) is 9.72 Å². The van der Waals surface area contributed by atoms with E-state index in [0.717, 1.165) is 28.2 Å². The molecule has 0 aliphatic heterocycles. The summed E-state index contributed by atoms with van der Waals surface area (Å²) in [6, 6.07) is 23.5. The second-order valence-corrected chi connectivity index (χ2v) is 7.48. The van der Waals surface area contributed by atoms with Crippen LogP contribution in [0.15, 0.2) is 79.0 Å². The maximum Gasteiger partial charge on any atom is 0.220 e. The fourth-order valence-electron chi connectivity index (χ4n) is 3.50. The number of aryl methyl sites for hydroxylation is 1. The SMILES string of the molecule is CC(NC(=O)CCc1c(-c2ccc(Cl)cc2)nc2ccccn12)c1ccccc1. The number of pyridine rings is 1. The Morgan fingerprint density at radius 1 is 1.03 bits per heavy atom. The Morgan fingerprint density at radius 2 is 1.76 bits per heavy atom. The standard InChI is InChI=1S/C24H22ClN3O/c1-17(18-7-3-2-4-8-18)26-23(29)15-14-21-24(19-10-12-20(25)13-11-19)27-22-9-5-6-16-28(21)22/h2-13,16-17H,14-15H2,1H3,(H,26,29). The molecule has 2 heterocycles. The molecule has 0 saturated heterocycles. The van der Waals surface area contributed by atoms with Gasteiger partial charge in [0.15, 0.2) is 0 Å². The van der Waals surface area contributed by atoms with E-state index in [1.54, 1.807) is 0 Å². The lowest BCUT2D eigenvalue weighted by Gasteiger charge is -2.14. The third kappa shape index (κ3) is 4.33. The smallest absolute Gasteiger partial charge is 0.220 e. The summed E-state index contributed by atoms with van der Waals surface area (Å²) in [5.74, 6) is 0.0225. The fourth-order valence-corrected chi connectivity index (χ4v) is 3.62. The number of benzene rings is 2. The minimum absolute atomic E-state index is 0.0225. The van der Waals surface area contributed by atoms with Gasteiger partial charge in [-0.25, -0.2) is 4.98 Å². The second-order valence-electron chi connectivity index (χ2n) is 7.04. The molecule has 0 radical (unpaired) electrons. The quantitative estimate of drug-likeness (QED) is 0.464. The Labute approximate surface area is 175 Å². The largest absolute Gasteiger partial charge is 0.350 e. The van der Waals surface area contributed by atoms with Crippen molar-refractivity contribution >= 4 is 23.2 Å². The molecule has 146 valence electrons. The van der Waals surface area contributed by atoms with Crippen molar-refractivity contribution in [2.75, 3.05) is 0 Å². The molecule has 1 amide bonds. The lowest BCUT2D eigenvalue weighted by molar-refractivity contribution is -0.121. The number of imidazole rings is 1. The Balaban J connectivity index is 1.55. The van der Waals surface area contributed by atoms with Gasteiger partial charge < -0.3 is 9.72 Å². The van der Waals surface area contributed by atoms with Crippen LogP contribution in [0, 0.1) is 0 Å². The van der Waals surface area contributed by atoms with Gasteiger partial charge in [0.1, 0.15) is 5.65 Å². The van der Waals surface area contributed by atoms with Crippen LogP contribution in [0.1, 0.15) is 30.6 Å². The number of fused-ring (bicyclic) bond motifs is 1. The van der Waals surface area contributed by atoms with Crippen LogP contribution in [0.5, 0.6) is 0 Å². The number of amides is 1. The van der Waals surface area contributed by atoms with Crippen LogP contribution >= 0.6 is 11.6 Å². The molecule has 2 aromatic heterocycles. The highest BCUT2D eigenvalue weighted by Gasteiger charge is 2.16. The molecular weight excluding hydrogens is 382 g/mol. The Hall–Kier alpha value is -3.11. The number of halogens is 1. The van der Waals surface area contributed by atoms with Crippen LogP contribution in [-0.2, 0) is 11.2 Å². The first kappa shape index (κ1) is 19.2. The molecule has 29 heavy (non-hydrogen) atoms. The van der Waals surface area contributed by atoms with Crippen molar-refractivity contribution in [3.05, 3.63) is 95.3 Å². The average Bonchev–Trinajstić information content (AvgIpc) is 3.12. The van der Waals surface area contributed by atoms with Gasteiger partial charge in [0, 0.05) is 23.2 Å². The van der Waals surface area contributed by atoms with E-state index in [1.165, 1.54) is 0 Å². The zero-order valence-electron chi connectivity index (χ0n) is 16.2. The summed E-state index contributed by atoms with van der Waals surface area (Å²) in [6.07, 6.45) is 2.97. The molecule has 0 saturated carbocycles. The monoisotopic (exact) mass is 403 g/mol. The zero-order chi connectivity index (χ0) is 20.2. The minimum Gasteiger partial charge on any atom is -0.350 e. The van der Waals surface area contributed by atoms with Crippen LogP contribution in [0.2, 0.25) is 5.02 Å². The molecule has 0 aliphatic carbocycles. The topological polar surface area (TPSA) is 46.4 Å². The Kier molecular flexibility index (Phi) is 5.63. The van der Waals surface area contributed by atoms with Crippen molar-refractivity contribution in [3.63, 3.8) is 0 Å². The number of aromatic nitrogens is 2. The van der Waals surface area contributed by atoms with E-state index < -0.39 is 0 Å². The third-order valence-corrected chi connectivity index (χ3v) is 5.26. The Morgan fingerprint density at radius 3 is 2.52 bits per heavy atom. The lowest BCUT2D eigenvalue weighted by Crippen LogP contribution is -2.26. The van der Waals surface area contributed by atoms with Crippen molar-refractivity contribution in [2.45, 2.75) is 25.8 Å². The van der Waals surface area contributed by atoms with E-state index in [1.807, 2.05) is 85.9 Å². The van der Waals surface area contributed by atoms with E-state index in [4.69, 9.17) is 16.6 Å². The molecule has 1 atom stereocenters. The molecule has 0 bridgehead atoms. The second kappa shape index (κ2) is 8.50. The van der Waals surface area contributed by atoms with Gasteiger partial charge in [0.25, 0.3) is 0 Å². The lowest BCUT2D eigenvalue weighted by atomic mass is 10.1. The maximum atomic E-state index is 12.6. The first-order valence-electron chi connectivity index (χ1n) is 9.68. The number of nitrogens with one attached hydrogen (secondary N) is 1. The van der Waals surface area contributed by atoms with Crippen LogP contribution < -0.4 is 5.32 Å². The highest BCUT2D eigenvalue weighted by molar-refractivity contribution is 6.30. The predicted octanol–water partition coefficient (Wildman–Crippen LogP) is 5.46. The first-order chi connectivity index (χ1) is 14.1. The molecule has 1 N–H and O–H groups in total. The molecule has 0 aliphatic rings. The predicted molar refractivity (Wildman–Crippen MR) is 117 cm³/mol. The highest BCUT2D eigenvalue weighted by Crippen LogP contribution is 2.27. The van der Waals surface area contributed by atoms with Gasteiger partial charge in [-0.15, -0.1) is 0 Å². The summed E-state index contributed by atoms with van der Waals surface area (Å²) in [7, 11) is 0. The Bertz CT molecular complexity index is 1120. The number of carbonyl (C=O) groups excluding carboxylic acids is 1. The summed E-state index contributed by atoms with van der Waals surface area (Å²) < 4.78 is 2.05. The van der Waals surface area contributed by atoms with Gasteiger partial charge in [-0.3, -0.25) is 4.79 Å². The molecule has 5 heteroatoms. The van der Waals surface area contributed by atoms with Crippen molar-refractivity contribution in [1.29, 1.82) is 0 Å². The number of hydrogen-bond donors (Lipinski definition) is 1. The summed E-state index contributed by atoms with van der Waals surface area (Å²) >= 11 is 6.04. The molecule has 4 rings (SSSR count). The number of hydrogen-bond acceptors (Lipinski definition) is 2. The fraction of sp³-hybridized carbons (Fsp3) is 0.167. The molecule has 0 spiro atoms. The van der Waals surface area contributed by atoms with Gasteiger partial charge in [-0.1, -0.05) is 60.1 Å². The van der Waals surface area contributed by atoms with Gasteiger partial charge in [0.05, 0.1) is 17.4 Å². The van der Waals surface area contributed by atoms with Gasteiger partial charge in [0.2, 0.25) is 5.91 Å². The maximum absolute atomic E-state index is 12.6.